The van der Waals surface area contributed by atoms with Gasteiger partial charge in [-0.05, 0) is 36.4 Å². The van der Waals surface area contributed by atoms with Gasteiger partial charge in [0.15, 0.2) is 0 Å². The lowest BCUT2D eigenvalue weighted by atomic mass is 10.1. The Morgan fingerprint density at radius 1 is 1.26 bits per heavy atom. The summed E-state index contributed by atoms with van der Waals surface area (Å²) in [4.78, 5) is 12.1. The number of nitrogens with two attached hydrogens (primary N) is 1. The van der Waals surface area contributed by atoms with E-state index in [9.17, 15) is 4.79 Å². The minimum Gasteiger partial charge on any atom is -0.497 e. The number of carbonyl (C=O) groups excluding carboxylic acids is 1. The number of benzene rings is 2. The van der Waals surface area contributed by atoms with Crippen molar-refractivity contribution in [2.75, 3.05) is 18.2 Å². The lowest BCUT2D eigenvalue weighted by molar-refractivity contribution is 0.102. The summed E-state index contributed by atoms with van der Waals surface area (Å²) in [6, 6.07) is 11.8. The molecule has 19 heavy (non-hydrogen) atoms. The Morgan fingerprint density at radius 2 is 2.05 bits per heavy atom. The molecule has 2 aromatic carbocycles. The van der Waals surface area contributed by atoms with E-state index in [2.05, 4.69) is 5.32 Å². The first kappa shape index (κ1) is 13.2. The Bertz CT molecular complexity index is 614. The van der Waals surface area contributed by atoms with E-state index >= 15 is 0 Å². The average Bonchev–Trinajstić information content (AvgIpc) is 2.39. The Balaban J connectivity index is 2.25. The van der Waals surface area contributed by atoms with E-state index < -0.39 is 0 Å². The van der Waals surface area contributed by atoms with Gasteiger partial charge in [0, 0.05) is 16.4 Å². The number of hydrogen-bond acceptors (Lipinski definition) is 3. The van der Waals surface area contributed by atoms with E-state index in [1.807, 2.05) is 0 Å². The van der Waals surface area contributed by atoms with E-state index in [0.29, 0.717) is 27.7 Å². The van der Waals surface area contributed by atoms with Crippen LogP contribution in [0.25, 0.3) is 0 Å². The van der Waals surface area contributed by atoms with Crippen molar-refractivity contribution in [1.29, 1.82) is 0 Å². The van der Waals surface area contributed by atoms with E-state index in [1.54, 1.807) is 42.5 Å². The third kappa shape index (κ3) is 3.17. The molecule has 0 bridgehead atoms. The van der Waals surface area contributed by atoms with Gasteiger partial charge >= 0.3 is 0 Å². The SMILES string of the molecule is COc1ccc(N)c(C(=O)Nc2cccc(Cl)c2)c1. The fraction of sp³-hybridized carbons (Fsp3) is 0.0714. The van der Waals surface area contributed by atoms with Gasteiger partial charge in [-0.1, -0.05) is 17.7 Å². The zero-order valence-electron chi connectivity index (χ0n) is 10.3. The van der Waals surface area contributed by atoms with Crippen LogP contribution in [0.15, 0.2) is 42.5 Å². The number of ether oxygens (including phenoxy) is 1. The lowest BCUT2D eigenvalue weighted by Crippen LogP contribution is -2.14. The summed E-state index contributed by atoms with van der Waals surface area (Å²) in [6.45, 7) is 0. The molecule has 0 atom stereocenters. The molecule has 2 aromatic rings. The molecule has 0 aliphatic rings. The van der Waals surface area contributed by atoms with Crippen LogP contribution in [-0.4, -0.2) is 13.0 Å². The molecule has 0 heterocycles. The molecule has 0 aliphatic carbocycles. The minimum absolute atomic E-state index is 0.307. The van der Waals surface area contributed by atoms with Crippen LogP contribution < -0.4 is 15.8 Å². The van der Waals surface area contributed by atoms with Gasteiger partial charge in [0.05, 0.1) is 12.7 Å². The van der Waals surface area contributed by atoms with E-state index in [0.717, 1.165) is 0 Å². The zero-order chi connectivity index (χ0) is 13.8. The maximum absolute atomic E-state index is 12.1. The molecule has 0 saturated carbocycles. The van der Waals surface area contributed by atoms with Crippen LogP contribution in [0, 0.1) is 0 Å². The molecule has 5 heteroatoms. The molecule has 98 valence electrons. The van der Waals surface area contributed by atoms with Crippen molar-refractivity contribution < 1.29 is 9.53 Å². The van der Waals surface area contributed by atoms with Gasteiger partial charge in [-0.2, -0.15) is 0 Å². The number of amides is 1. The van der Waals surface area contributed by atoms with Crippen molar-refractivity contribution in [1.82, 2.24) is 0 Å². The van der Waals surface area contributed by atoms with Crippen LogP contribution in [-0.2, 0) is 0 Å². The lowest BCUT2D eigenvalue weighted by Gasteiger charge is -2.09. The quantitative estimate of drug-likeness (QED) is 0.846. The Hall–Kier alpha value is -2.20. The normalized spacial score (nSPS) is 10.0. The minimum atomic E-state index is -0.307. The molecule has 0 aromatic heterocycles. The van der Waals surface area contributed by atoms with Crippen LogP contribution in [0.3, 0.4) is 0 Å². The molecule has 0 fully saturated rings. The second-order valence-electron chi connectivity index (χ2n) is 3.92. The van der Waals surface area contributed by atoms with Gasteiger partial charge in [-0.25, -0.2) is 0 Å². The molecular weight excluding hydrogens is 264 g/mol. The number of nitrogen functional groups attached to an aromatic ring is 1. The van der Waals surface area contributed by atoms with Gasteiger partial charge in [-0.3, -0.25) is 4.79 Å². The standard InChI is InChI=1S/C14H13ClN2O2/c1-19-11-5-6-13(16)12(8-11)14(18)17-10-4-2-3-9(15)7-10/h2-8H,16H2,1H3,(H,17,18). The van der Waals surface area contributed by atoms with Crippen LogP contribution >= 0.6 is 11.6 Å². The van der Waals surface area contributed by atoms with Crippen molar-refractivity contribution in [3.05, 3.63) is 53.1 Å². The number of methoxy groups -OCH3 is 1. The smallest absolute Gasteiger partial charge is 0.257 e. The van der Waals surface area contributed by atoms with Crippen molar-refractivity contribution >= 4 is 28.9 Å². The average molecular weight is 277 g/mol. The van der Waals surface area contributed by atoms with Crippen molar-refractivity contribution in [3.63, 3.8) is 0 Å². The molecule has 3 N–H and O–H groups in total. The summed E-state index contributed by atoms with van der Waals surface area (Å²) in [5.41, 5.74) is 7.15. The zero-order valence-corrected chi connectivity index (χ0v) is 11.1. The summed E-state index contributed by atoms with van der Waals surface area (Å²) >= 11 is 5.86. The van der Waals surface area contributed by atoms with E-state index in [1.165, 1.54) is 7.11 Å². The monoisotopic (exact) mass is 276 g/mol. The van der Waals surface area contributed by atoms with Gasteiger partial charge < -0.3 is 15.8 Å². The predicted molar refractivity (Wildman–Crippen MR) is 76.8 cm³/mol. The summed E-state index contributed by atoms with van der Waals surface area (Å²) in [6.07, 6.45) is 0. The van der Waals surface area contributed by atoms with E-state index in [4.69, 9.17) is 22.1 Å². The van der Waals surface area contributed by atoms with Crippen LogP contribution in [0.1, 0.15) is 10.4 Å². The first-order valence-electron chi connectivity index (χ1n) is 5.60. The highest BCUT2D eigenvalue weighted by atomic mass is 35.5. The summed E-state index contributed by atoms with van der Waals surface area (Å²) in [5, 5.41) is 3.28. The van der Waals surface area contributed by atoms with Crippen molar-refractivity contribution in [2.45, 2.75) is 0 Å². The molecule has 1 amide bonds. The Morgan fingerprint density at radius 3 is 2.74 bits per heavy atom. The number of anilines is 2. The first-order valence-corrected chi connectivity index (χ1v) is 5.98. The highest BCUT2D eigenvalue weighted by Gasteiger charge is 2.11. The highest BCUT2D eigenvalue weighted by molar-refractivity contribution is 6.31. The van der Waals surface area contributed by atoms with Crippen molar-refractivity contribution in [2.24, 2.45) is 0 Å². The van der Waals surface area contributed by atoms with Gasteiger partial charge in [-0.15, -0.1) is 0 Å². The Kier molecular flexibility index (Phi) is 3.92. The first-order chi connectivity index (χ1) is 9.10. The van der Waals surface area contributed by atoms with Gasteiger partial charge in [0.2, 0.25) is 0 Å². The third-order valence-corrected chi connectivity index (χ3v) is 2.82. The topological polar surface area (TPSA) is 64.3 Å². The largest absolute Gasteiger partial charge is 0.497 e. The van der Waals surface area contributed by atoms with Crippen molar-refractivity contribution in [3.8, 4) is 5.75 Å². The molecule has 0 unspecified atom stereocenters. The molecule has 4 nitrogen and oxygen atoms in total. The van der Waals surface area contributed by atoms with Crippen LogP contribution in [0.2, 0.25) is 5.02 Å². The Labute approximate surface area is 116 Å². The second-order valence-corrected chi connectivity index (χ2v) is 4.35. The molecule has 0 aliphatic heterocycles. The van der Waals surface area contributed by atoms with Gasteiger partial charge in [0.25, 0.3) is 5.91 Å². The molecule has 0 spiro atoms. The number of carbonyl (C=O) groups is 1. The van der Waals surface area contributed by atoms with Crippen LogP contribution in [0.5, 0.6) is 5.75 Å². The number of hydrogen-bond donors (Lipinski definition) is 2. The molecule has 2 rings (SSSR count). The maximum atomic E-state index is 12.1. The van der Waals surface area contributed by atoms with E-state index in [-0.39, 0.29) is 5.91 Å². The maximum Gasteiger partial charge on any atom is 0.257 e. The summed E-state index contributed by atoms with van der Waals surface area (Å²) in [7, 11) is 1.53. The molecule has 0 radical (unpaired) electrons. The highest BCUT2D eigenvalue weighted by Crippen LogP contribution is 2.21. The number of rotatable bonds is 3. The summed E-state index contributed by atoms with van der Waals surface area (Å²) < 4.78 is 5.07. The number of halogens is 1. The van der Waals surface area contributed by atoms with Gasteiger partial charge in [0.1, 0.15) is 5.75 Å². The second kappa shape index (κ2) is 5.63. The predicted octanol–water partition coefficient (Wildman–Crippen LogP) is 3.18. The molecular formula is C14H13ClN2O2. The fourth-order valence-corrected chi connectivity index (χ4v) is 1.81. The fourth-order valence-electron chi connectivity index (χ4n) is 1.62. The van der Waals surface area contributed by atoms with Crippen LogP contribution in [0.4, 0.5) is 11.4 Å². The number of nitrogens with one attached hydrogen (secondary N) is 1. The summed E-state index contributed by atoms with van der Waals surface area (Å²) in [5.74, 6) is 0.268. The molecule has 0 saturated heterocycles. The third-order valence-electron chi connectivity index (χ3n) is 2.59.